The number of amides is 1. The zero-order chi connectivity index (χ0) is 27.0. The molecule has 3 heterocycles. The van der Waals surface area contributed by atoms with E-state index in [1.54, 1.807) is 13.8 Å². The van der Waals surface area contributed by atoms with Crippen molar-refractivity contribution in [3.05, 3.63) is 54.5 Å². The number of aromatic nitrogens is 3. The number of pyridine rings is 1. The van der Waals surface area contributed by atoms with Gasteiger partial charge in [0.15, 0.2) is 11.6 Å². The molecule has 0 unspecified atom stereocenters. The van der Waals surface area contributed by atoms with E-state index >= 15 is 0 Å². The van der Waals surface area contributed by atoms with E-state index in [-0.39, 0.29) is 48.8 Å². The summed E-state index contributed by atoms with van der Waals surface area (Å²) in [6.45, 7) is 6.47. The molecule has 1 saturated heterocycles. The van der Waals surface area contributed by atoms with Crippen molar-refractivity contribution < 1.29 is 40.5 Å². The fraction of sp³-hybridized carbons (Fsp3) is 0.348. The number of rotatable bonds is 9. The number of phosphoric ester groups is 1. The third-order valence-electron chi connectivity index (χ3n) is 5.55. The third-order valence-corrected chi connectivity index (χ3v) is 7.12. The Bertz CT molecular complexity index is 1360. The molecule has 9 nitrogen and oxygen atoms in total. The molecule has 3 aromatic rings. The second kappa shape index (κ2) is 10.2. The van der Waals surface area contributed by atoms with Gasteiger partial charge in [0.25, 0.3) is 5.91 Å². The molecular weight excluding hydrogens is 519 g/mol. The lowest BCUT2D eigenvalue weighted by Crippen LogP contribution is -2.51. The van der Waals surface area contributed by atoms with Crippen LogP contribution in [0.3, 0.4) is 0 Å². The van der Waals surface area contributed by atoms with Crippen LogP contribution >= 0.6 is 7.82 Å². The van der Waals surface area contributed by atoms with Gasteiger partial charge in [-0.05, 0) is 26.0 Å². The minimum Gasteiger partial charge on any atom is -0.402 e. The Labute approximate surface area is 209 Å². The predicted molar refractivity (Wildman–Crippen MR) is 125 cm³/mol. The third kappa shape index (κ3) is 5.39. The lowest BCUT2D eigenvalue weighted by atomic mass is 10.1. The van der Waals surface area contributed by atoms with Gasteiger partial charge in [-0.2, -0.15) is 18.3 Å². The maximum Gasteiger partial charge on any atom is 0.530 e. The van der Waals surface area contributed by atoms with Gasteiger partial charge < -0.3 is 9.42 Å². The molecular formula is C23H23F4N4O5P. The van der Waals surface area contributed by atoms with Gasteiger partial charge in [-0.3, -0.25) is 23.5 Å². The topological polar surface area (TPSA) is 95.8 Å². The first kappa shape index (κ1) is 26.8. The fourth-order valence-electron chi connectivity index (χ4n) is 3.86. The normalized spacial score (nSPS) is 14.6. The number of likely N-dealkylation sites (tertiary alicyclic amines) is 1. The molecule has 1 amide bonds. The highest BCUT2D eigenvalue weighted by atomic mass is 31.2. The van der Waals surface area contributed by atoms with E-state index in [1.165, 1.54) is 34.0 Å². The number of hydrogen-bond donors (Lipinski definition) is 0. The number of benzene rings is 1. The molecule has 0 bridgehead atoms. The van der Waals surface area contributed by atoms with Gasteiger partial charge in [0.2, 0.25) is 0 Å². The van der Waals surface area contributed by atoms with E-state index in [4.69, 9.17) is 13.6 Å². The second-order valence-corrected chi connectivity index (χ2v) is 9.61. The van der Waals surface area contributed by atoms with Crippen LogP contribution in [0.4, 0.5) is 17.6 Å². The molecule has 0 atom stereocenters. The highest BCUT2D eigenvalue weighted by Gasteiger charge is 2.37. The maximum absolute atomic E-state index is 13.3. The van der Waals surface area contributed by atoms with Gasteiger partial charge in [-0.1, -0.05) is 18.7 Å². The van der Waals surface area contributed by atoms with E-state index in [1.807, 2.05) is 0 Å². The molecule has 0 aliphatic carbocycles. The minimum atomic E-state index is -4.51. The summed E-state index contributed by atoms with van der Waals surface area (Å²) in [4.78, 5) is 17.5. The zero-order valence-electron chi connectivity index (χ0n) is 19.9. The van der Waals surface area contributed by atoms with Crippen molar-refractivity contribution in [1.82, 2.24) is 19.7 Å². The summed E-state index contributed by atoms with van der Waals surface area (Å²) in [5.41, 5.74) is 0.246. The lowest BCUT2D eigenvalue weighted by molar-refractivity contribution is -0.137. The number of carbonyl (C=O) groups excluding carboxylic acids is 1. The first-order chi connectivity index (χ1) is 17.5. The average Bonchev–Trinajstić information content (AvgIpc) is 3.18. The van der Waals surface area contributed by atoms with Gasteiger partial charge in [0, 0.05) is 30.9 Å². The summed E-state index contributed by atoms with van der Waals surface area (Å²) in [5, 5.41) is 4.56. The van der Waals surface area contributed by atoms with E-state index in [0.29, 0.717) is 5.56 Å². The number of alkyl halides is 3. The van der Waals surface area contributed by atoms with Crippen LogP contribution in [-0.4, -0.2) is 51.9 Å². The Morgan fingerprint density at radius 1 is 1.14 bits per heavy atom. The first-order valence-electron chi connectivity index (χ1n) is 11.2. The van der Waals surface area contributed by atoms with Crippen LogP contribution in [0.25, 0.3) is 22.3 Å². The van der Waals surface area contributed by atoms with Crippen LogP contribution in [0.1, 0.15) is 25.5 Å². The van der Waals surface area contributed by atoms with E-state index < -0.39 is 37.3 Å². The van der Waals surface area contributed by atoms with Crippen molar-refractivity contribution in [2.45, 2.75) is 26.1 Å². The summed E-state index contributed by atoms with van der Waals surface area (Å²) >= 11 is 0. The molecule has 14 heteroatoms. The first-order valence-corrected chi connectivity index (χ1v) is 12.7. The molecule has 1 aromatic carbocycles. The highest BCUT2D eigenvalue weighted by Crippen LogP contribution is 2.51. The van der Waals surface area contributed by atoms with Gasteiger partial charge in [0.05, 0.1) is 24.8 Å². The molecule has 1 aliphatic heterocycles. The van der Waals surface area contributed by atoms with Crippen LogP contribution in [0.15, 0.2) is 48.9 Å². The van der Waals surface area contributed by atoms with E-state index in [0.717, 1.165) is 12.1 Å². The van der Waals surface area contributed by atoms with Crippen molar-refractivity contribution in [2.24, 2.45) is 0 Å². The Balaban J connectivity index is 1.81. The second-order valence-electron chi connectivity index (χ2n) is 8.02. The molecule has 0 saturated carbocycles. The van der Waals surface area contributed by atoms with Crippen LogP contribution in [0.2, 0.25) is 0 Å². The SMILES string of the molecule is C=C(F)C(=O)N1CC(n2nc(-c3ccc(C(F)(F)F)cc3)c3nccc(OP(=O)(OCC)OCC)c32)C1. The number of hydrogen-bond acceptors (Lipinski definition) is 7. The molecule has 198 valence electrons. The highest BCUT2D eigenvalue weighted by molar-refractivity contribution is 7.48. The number of nitrogens with zero attached hydrogens (tertiary/aromatic N) is 4. The summed E-state index contributed by atoms with van der Waals surface area (Å²) in [6, 6.07) is 5.34. The summed E-state index contributed by atoms with van der Waals surface area (Å²) in [7, 11) is -4.03. The van der Waals surface area contributed by atoms with Gasteiger partial charge >= 0.3 is 14.0 Å². The van der Waals surface area contributed by atoms with E-state index in [2.05, 4.69) is 16.7 Å². The van der Waals surface area contributed by atoms with Crippen molar-refractivity contribution >= 4 is 24.8 Å². The van der Waals surface area contributed by atoms with Crippen molar-refractivity contribution in [1.29, 1.82) is 0 Å². The fourth-order valence-corrected chi connectivity index (χ4v) is 5.06. The quantitative estimate of drug-likeness (QED) is 0.199. The molecule has 1 aliphatic rings. The standard InChI is InChI=1S/C23H23F4N4O5P/c1-4-34-37(33,35-5-2)36-18-10-11-28-20-19(15-6-8-16(9-7-15)23(25,26)27)29-31(21(18)20)17-12-30(13-17)22(32)14(3)24/h6-11,17H,3-5,12-13H2,1-2H3. The number of halogens is 4. The summed E-state index contributed by atoms with van der Waals surface area (Å²) in [6.07, 6.45) is -3.15. The van der Waals surface area contributed by atoms with Crippen molar-refractivity contribution in [3.8, 4) is 17.0 Å². The molecule has 4 rings (SSSR count). The smallest absolute Gasteiger partial charge is 0.402 e. The van der Waals surface area contributed by atoms with Crippen LogP contribution in [0, 0.1) is 0 Å². The maximum atomic E-state index is 13.3. The number of phosphoric acid groups is 1. The van der Waals surface area contributed by atoms with Crippen LogP contribution < -0.4 is 4.52 Å². The van der Waals surface area contributed by atoms with Crippen molar-refractivity contribution in [2.75, 3.05) is 26.3 Å². The van der Waals surface area contributed by atoms with E-state index in [9.17, 15) is 26.9 Å². The van der Waals surface area contributed by atoms with Crippen LogP contribution in [-0.2, 0) is 24.6 Å². The molecule has 0 N–H and O–H groups in total. The predicted octanol–water partition coefficient (Wildman–Crippen LogP) is 5.54. The Morgan fingerprint density at radius 3 is 2.30 bits per heavy atom. The molecule has 37 heavy (non-hydrogen) atoms. The average molecular weight is 542 g/mol. The van der Waals surface area contributed by atoms with Crippen molar-refractivity contribution in [3.63, 3.8) is 0 Å². The van der Waals surface area contributed by atoms with Gasteiger partial charge in [-0.25, -0.2) is 8.96 Å². The number of fused-ring (bicyclic) bond motifs is 1. The monoisotopic (exact) mass is 542 g/mol. The summed E-state index contributed by atoms with van der Waals surface area (Å²) in [5.74, 6) is -1.92. The lowest BCUT2D eigenvalue weighted by Gasteiger charge is -2.39. The minimum absolute atomic E-state index is 0.0361. The Kier molecular flexibility index (Phi) is 7.40. The molecule has 0 radical (unpaired) electrons. The Hall–Kier alpha value is -3.28. The largest absolute Gasteiger partial charge is 0.530 e. The summed E-state index contributed by atoms with van der Waals surface area (Å²) < 4.78 is 83.2. The molecule has 0 spiro atoms. The molecule has 1 fully saturated rings. The van der Waals surface area contributed by atoms with Gasteiger partial charge in [0.1, 0.15) is 16.7 Å². The Morgan fingerprint density at radius 2 is 1.76 bits per heavy atom. The van der Waals surface area contributed by atoms with Crippen LogP contribution in [0.5, 0.6) is 5.75 Å². The number of carbonyl (C=O) groups is 1. The molecule has 2 aromatic heterocycles. The zero-order valence-corrected chi connectivity index (χ0v) is 20.8. The van der Waals surface area contributed by atoms with Gasteiger partial charge in [-0.15, -0.1) is 0 Å².